The molecule has 0 bridgehead atoms. The van der Waals surface area contributed by atoms with Crippen molar-refractivity contribution in [2.24, 2.45) is 5.92 Å². The number of hydrogen-bond acceptors (Lipinski definition) is 5. The fourth-order valence-corrected chi connectivity index (χ4v) is 1.81. The molecule has 0 aliphatic heterocycles. The van der Waals surface area contributed by atoms with Crippen molar-refractivity contribution in [1.82, 2.24) is 10.1 Å². The van der Waals surface area contributed by atoms with E-state index in [4.69, 9.17) is 15.0 Å². The summed E-state index contributed by atoms with van der Waals surface area (Å²) in [6, 6.07) is 0. The van der Waals surface area contributed by atoms with E-state index in [2.05, 4.69) is 10.1 Å². The van der Waals surface area contributed by atoms with E-state index in [0.717, 1.165) is 25.9 Å². The molecule has 1 aliphatic rings. The monoisotopic (exact) mass is 197 g/mol. The molecule has 1 aliphatic carbocycles. The molecule has 1 aromatic rings. The summed E-state index contributed by atoms with van der Waals surface area (Å²) in [4.78, 5) is 3.96. The Morgan fingerprint density at radius 1 is 1.57 bits per heavy atom. The Morgan fingerprint density at radius 3 is 2.93 bits per heavy atom. The third-order valence-electron chi connectivity index (χ3n) is 2.54. The molecule has 0 unspecified atom stereocenters. The normalized spacial score (nSPS) is 26.1. The quantitative estimate of drug-likeness (QED) is 0.779. The van der Waals surface area contributed by atoms with Crippen molar-refractivity contribution in [3.63, 3.8) is 0 Å². The third-order valence-corrected chi connectivity index (χ3v) is 2.54. The van der Waals surface area contributed by atoms with Gasteiger partial charge in [0.15, 0.2) is 0 Å². The van der Waals surface area contributed by atoms with Crippen molar-refractivity contribution in [1.29, 1.82) is 0 Å². The van der Waals surface area contributed by atoms with Crippen molar-refractivity contribution >= 4 is 5.95 Å². The summed E-state index contributed by atoms with van der Waals surface area (Å²) in [6.07, 6.45) is 3.45. The summed E-state index contributed by atoms with van der Waals surface area (Å²) in [6.45, 7) is 2.82. The molecule has 14 heavy (non-hydrogen) atoms. The second-order valence-corrected chi connectivity index (χ2v) is 3.67. The molecule has 1 saturated carbocycles. The maximum Gasteiger partial charge on any atom is 0.260 e. The first-order valence-corrected chi connectivity index (χ1v) is 4.97. The van der Waals surface area contributed by atoms with Crippen molar-refractivity contribution in [3.05, 3.63) is 5.89 Å². The van der Waals surface area contributed by atoms with Crippen LogP contribution >= 0.6 is 0 Å². The SMILES string of the molecule is CCOC1CC(Cc2nc(N)no2)C1. The summed E-state index contributed by atoms with van der Waals surface area (Å²) >= 11 is 0. The van der Waals surface area contributed by atoms with E-state index in [0.29, 0.717) is 17.9 Å². The lowest BCUT2D eigenvalue weighted by Gasteiger charge is -2.33. The van der Waals surface area contributed by atoms with Crippen LogP contribution in [-0.2, 0) is 11.2 Å². The number of ether oxygens (including phenoxy) is 1. The maximum absolute atomic E-state index is 5.46. The number of rotatable bonds is 4. The molecular weight excluding hydrogens is 182 g/mol. The van der Waals surface area contributed by atoms with Crippen molar-refractivity contribution in [2.45, 2.75) is 32.3 Å². The van der Waals surface area contributed by atoms with Crippen LogP contribution < -0.4 is 5.73 Å². The van der Waals surface area contributed by atoms with Crippen LogP contribution in [0.1, 0.15) is 25.7 Å². The van der Waals surface area contributed by atoms with E-state index in [1.165, 1.54) is 0 Å². The van der Waals surface area contributed by atoms with Crippen molar-refractivity contribution < 1.29 is 9.26 Å². The van der Waals surface area contributed by atoms with Crippen LogP contribution in [0.4, 0.5) is 5.95 Å². The largest absolute Gasteiger partial charge is 0.378 e. The van der Waals surface area contributed by atoms with Crippen LogP contribution in [0.15, 0.2) is 4.52 Å². The number of nitrogens with zero attached hydrogens (tertiary/aromatic N) is 2. The molecule has 0 aromatic carbocycles. The molecule has 2 rings (SSSR count). The van der Waals surface area contributed by atoms with Gasteiger partial charge >= 0.3 is 0 Å². The lowest BCUT2D eigenvalue weighted by molar-refractivity contribution is -0.0258. The zero-order valence-electron chi connectivity index (χ0n) is 8.27. The Hall–Kier alpha value is -1.10. The molecule has 5 heteroatoms. The summed E-state index contributed by atoms with van der Waals surface area (Å²) in [5.41, 5.74) is 5.35. The maximum atomic E-state index is 5.46. The van der Waals surface area contributed by atoms with Gasteiger partial charge in [-0.1, -0.05) is 0 Å². The predicted molar refractivity (Wildman–Crippen MR) is 50.6 cm³/mol. The summed E-state index contributed by atoms with van der Waals surface area (Å²) in [5, 5.41) is 3.54. The van der Waals surface area contributed by atoms with Crippen LogP contribution in [0.2, 0.25) is 0 Å². The fourth-order valence-electron chi connectivity index (χ4n) is 1.81. The van der Waals surface area contributed by atoms with Gasteiger partial charge in [-0.05, 0) is 30.8 Å². The van der Waals surface area contributed by atoms with Gasteiger partial charge in [0, 0.05) is 13.0 Å². The van der Waals surface area contributed by atoms with E-state index in [1.807, 2.05) is 6.92 Å². The lowest BCUT2D eigenvalue weighted by Crippen LogP contribution is -2.32. The van der Waals surface area contributed by atoms with E-state index in [1.54, 1.807) is 0 Å². The van der Waals surface area contributed by atoms with Crippen molar-refractivity contribution in [3.8, 4) is 0 Å². The Morgan fingerprint density at radius 2 is 2.36 bits per heavy atom. The number of hydrogen-bond donors (Lipinski definition) is 1. The highest BCUT2D eigenvalue weighted by molar-refractivity contribution is 5.10. The topological polar surface area (TPSA) is 74.2 Å². The first-order chi connectivity index (χ1) is 6.78. The second-order valence-electron chi connectivity index (χ2n) is 3.67. The van der Waals surface area contributed by atoms with Gasteiger partial charge in [-0.2, -0.15) is 4.98 Å². The van der Waals surface area contributed by atoms with Crippen LogP contribution in [0.25, 0.3) is 0 Å². The molecular formula is C9H15N3O2. The zero-order valence-corrected chi connectivity index (χ0v) is 8.27. The molecule has 5 nitrogen and oxygen atoms in total. The van der Waals surface area contributed by atoms with Crippen LogP contribution in [-0.4, -0.2) is 22.9 Å². The fraction of sp³-hybridized carbons (Fsp3) is 0.778. The first-order valence-electron chi connectivity index (χ1n) is 4.97. The second kappa shape index (κ2) is 3.96. The number of nitrogen functional groups attached to an aromatic ring is 1. The molecule has 78 valence electrons. The molecule has 2 N–H and O–H groups in total. The summed E-state index contributed by atoms with van der Waals surface area (Å²) < 4.78 is 10.4. The Kier molecular flexibility index (Phi) is 2.67. The average Bonchev–Trinajstić information content (AvgIpc) is 2.48. The molecule has 0 atom stereocenters. The average molecular weight is 197 g/mol. The van der Waals surface area contributed by atoms with Gasteiger partial charge in [-0.15, -0.1) is 0 Å². The minimum atomic E-state index is 0.223. The highest BCUT2D eigenvalue weighted by Crippen LogP contribution is 2.32. The van der Waals surface area contributed by atoms with E-state index < -0.39 is 0 Å². The van der Waals surface area contributed by atoms with Gasteiger partial charge in [0.2, 0.25) is 5.89 Å². The highest BCUT2D eigenvalue weighted by atomic mass is 16.5. The molecule has 1 heterocycles. The molecule has 0 spiro atoms. The molecule has 0 radical (unpaired) electrons. The van der Waals surface area contributed by atoms with E-state index in [-0.39, 0.29) is 5.95 Å². The van der Waals surface area contributed by atoms with Gasteiger partial charge in [0.25, 0.3) is 5.95 Å². The first kappa shape index (κ1) is 9.45. The van der Waals surface area contributed by atoms with Gasteiger partial charge < -0.3 is 15.0 Å². The Balaban J connectivity index is 1.74. The molecule has 0 amide bonds. The van der Waals surface area contributed by atoms with Crippen molar-refractivity contribution in [2.75, 3.05) is 12.3 Å². The van der Waals surface area contributed by atoms with E-state index >= 15 is 0 Å². The number of anilines is 1. The van der Waals surface area contributed by atoms with E-state index in [9.17, 15) is 0 Å². The van der Waals surface area contributed by atoms with Gasteiger partial charge in [0.05, 0.1) is 6.10 Å². The molecule has 1 fully saturated rings. The third kappa shape index (κ3) is 2.04. The zero-order chi connectivity index (χ0) is 9.97. The van der Waals surface area contributed by atoms with Gasteiger partial charge in [0.1, 0.15) is 0 Å². The molecule has 0 saturated heterocycles. The summed E-state index contributed by atoms with van der Waals surface area (Å²) in [5.74, 6) is 1.48. The predicted octanol–water partition coefficient (Wildman–Crippen LogP) is 1.01. The smallest absolute Gasteiger partial charge is 0.260 e. The molecule has 1 aromatic heterocycles. The van der Waals surface area contributed by atoms with Gasteiger partial charge in [-0.3, -0.25) is 0 Å². The van der Waals surface area contributed by atoms with Crippen LogP contribution in [0.3, 0.4) is 0 Å². The highest BCUT2D eigenvalue weighted by Gasteiger charge is 2.30. The minimum Gasteiger partial charge on any atom is -0.378 e. The van der Waals surface area contributed by atoms with Gasteiger partial charge in [-0.25, -0.2) is 0 Å². The number of aromatic nitrogens is 2. The number of nitrogens with two attached hydrogens (primary N) is 1. The van der Waals surface area contributed by atoms with Crippen LogP contribution in [0.5, 0.6) is 0 Å². The van der Waals surface area contributed by atoms with Crippen LogP contribution in [0, 0.1) is 5.92 Å². The summed E-state index contributed by atoms with van der Waals surface area (Å²) in [7, 11) is 0. The standard InChI is InChI=1S/C9H15N3O2/c1-2-13-7-3-6(4-7)5-8-11-9(10)12-14-8/h6-7H,2-5H2,1H3,(H2,10,12). The Bertz CT molecular complexity index is 294. The minimum absolute atomic E-state index is 0.223. The lowest BCUT2D eigenvalue weighted by atomic mass is 9.80. The Labute approximate surface area is 82.6 Å².